The van der Waals surface area contributed by atoms with Crippen molar-refractivity contribution >= 4 is 23.3 Å². The molecule has 1 aliphatic heterocycles. The van der Waals surface area contributed by atoms with Gasteiger partial charge in [0.1, 0.15) is 17.4 Å². The summed E-state index contributed by atoms with van der Waals surface area (Å²) >= 11 is 0. The number of hydrogen-bond acceptors (Lipinski definition) is 10. The molecular formula is C43H56N4O8. The van der Waals surface area contributed by atoms with Gasteiger partial charge in [-0.25, -0.2) is 0 Å². The molecule has 0 spiro atoms. The zero-order chi connectivity index (χ0) is 39.6. The largest absolute Gasteiger partial charge is 0.494 e. The lowest BCUT2D eigenvalue weighted by molar-refractivity contribution is -0.144. The van der Waals surface area contributed by atoms with Gasteiger partial charge in [-0.05, 0) is 123 Å². The summed E-state index contributed by atoms with van der Waals surface area (Å²) in [6, 6.07) is 15.9. The molecule has 1 amide bonds. The van der Waals surface area contributed by atoms with Gasteiger partial charge in [0, 0.05) is 55.9 Å². The summed E-state index contributed by atoms with van der Waals surface area (Å²) in [5.74, 6) is 0.416. The molecule has 1 fully saturated rings. The van der Waals surface area contributed by atoms with Crippen LogP contribution >= 0.6 is 0 Å². The number of pyridine rings is 1. The van der Waals surface area contributed by atoms with Crippen LogP contribution in [0.25, 0.3) is 11.1 Å². The molecule has 4 aromatic rings. The standard InChI is InChI=1S/C43H56N4O8/c1-9-47(33-17-21-52-22-18-33)36-25-32(24-35(30(36)6)42(49)46(7)40-28(4)23-29(5)44-41(40)48)31-13-15-34(16-14-31)53-19-11-10-12-20-54-38-26-37(55-45-38)39(27(2)3)43(50)51-8/h13-16,23-27,33,39H,9-12,17-22H2,1-8H3,(H,44,48). The third kappa shape index (κ3) is 9.96. The highest BCUT2D eigenvalue weighted by molar-refractivity contribution is 6.08. The van der Waals surface area contributed by atoms with Crippen LogP contribution in [0.3, 0.4) is 0 Å². The number of aryl methyl sites for hydroxylation is 2. The number of anilines is 2. The summed E-state index contributed by atoms with van der Waals surface area (Å²) in [6.45, 7) is 14.9. The molecule has 2 aromatic carbocycles. The van der Waals surface area contributed by atoms with Crippen molar-refractivity contribution in [1.29, 1.82) is 0 Å². The molecule has 296 valence electrons. The summed E-state index contributed by atoms with van der Waals surface area (Å²) < 4.78 is 27.8. The van der Waals surface area contributed by atoms with Crippen molar-refractivity contribution in [2.75, 3.05) is 56.9 Å². The number of ether oxygens (including phenoxy) is 4. The van der Waals surface area contributed by atoms with Crippen molar-refractivity contribution in [3.05, 3.63) is 87.0 Å². The summed E-state index contributed by atoms with van der Waals surface area (Å²) in [5.41, 5.74) is 5.84. The first kappa shape index (κ1) is 41.1. The first-order chi connectivity index (χ1) is 26.4. The summed E-state index contributed by atoms with van der Waals surface area (Å²) in [6.07, 6.45) is 4.37. The molecule has 1 N–H and O–H groups in total. The molecular weight excluding hydrogens is 700 g/mol. The highest BCUT2D eigenvalue weighted by atomic mass is 16.5. The van der Waals surface area contributed by atoms with Gasteiger partial charge in [0.25, 0.3) is 17.3 Å². The minimum atomic E-state index is -0.528. The molecule has 2 aromatic heterocycles. The fraction of sp³-hybridized carbons (Fsp3) is 0.488. The van der Waals surface area contributed by atoms with Crippen LogP contribution in [-0.2, 0) is 14.3 Å². The molecule has 1 atom stereocenters. The minimum absolute atomic E-state index is 0.00193. The van der Waals surface area contributed by atoms with E-state index in [1.54, 1.807) is 13.1 Å². The molecule has 0 radical (unpaired) electrons. The number of methoxy groups -OCH3 is 1. The second-order valence-electron chi connectivity index (χ2n) is 14.6. The number of hydrogen-bond donors (Lipinski definition) is 1. The van der Waals surface area contributed by atoms with Crippen molar-refractivity contribution in [2.45, 2.75) is 85.6 Å². The lowest BCUT2D eigenvalue weighted by atomic mass is 9.93. The number of benzene rings is 2. The number of amides is 1. The highest BCUT2D eigenvalue weighted by Crippen LogP contribution is 2.35. The van der Waals surface area contributed by atoms with Gasteiger partial charge in [-0.2, -0.15) is 0 Å². The maximum Gasteiger partial charge on any atom is 0.316 e. The number of carbonyl (C=O) groups excluding carboxylic acids is 2. The van der Waals surface area contributed by atoms with E-state index in [0.29, 0.717) is 55.4 Å². The molecule has 1 unspecified atom stereocenters. The maximum atomic E-state index is 14.3. The number of aromatic amines is 1. The minimum Gasteiger partial charge on any atom is -0.494 e. The van der Waals surface area contributed by atoms with Gasteiger partial charge in [-0.15, -0.1) is 0 Å². The number of esters is 1. The summed E-state index contributed by atoms with van der Waals surface area (Å²) in [5, 5.41) is 3.96. The molecule has 3 heterocycles. The SMILES string of the molecule is CCN(c1cc(-c2ccc(OCCCCCOc3cc(C(C(=O)OC)C(C)C)on3)cc2)cc(C(=O)N(C)c2c(C)cc(C)[nH]c2=O)c1C)C1CCOCC1. The van der Waals surface area contributed by atoms with Crippen LogP contribution in [0.5, 0.6) is 11.6 Å². The average Bonchev–Trinajstić information content (AvgIpc) is 3.63. The smallest absolute Gasteiger partial charge is 0.316 e. The van der Waals surface area contributed by atoms with Crippen LogP contribution < -0.4 is 24.8 Å². The lowest BCUT2D eigenvalue weighted by Gasteiger charge is -2.37. The summed E-state index contributed by atoms with van der Waals surface area (Å²) in [7, 11) is 3.03. The number of nitrogens with zero attached hydrogens (tertiary/aromatic N) is 3. The van der Waals surface area contributed by atoms with Crippen LogP contribution in [0.4, 0.5) is 11.4 Å². The normalized spacial score (nSPS) is 13.8. The first-order valence-electron chi connectivity index (χ1n) is 19.3. The Kier molecular flexibility index (Phi) is 14.2. The number of H-pyrrole nitrogens is 1. The molecule has 12 heteroatoms. The van der Waals surface area contributed by atoms with Crippen LogP contribution in [0, 0.1) is 26.7 Å². The van der Waals surface area contributed by atoms with Crippen molar-refractivity contribution in [1.82, 2.24) is 10.1 Å². The van der Waals surface area contributed by atoms with Gasteiger partial charge in [-0.1, -0.05) is 26.0 Å². The first-order valence-corrected chi connectivity index (χ1v) is 19.3. The average molecular weight is 757 g/mol. The topological polar surface area (TPSA) is 136 Å². The number of nitrogens with one attached hydrogen (secondary N) is 1. The second-order valence-corrected chi connectivity index (χ2v) is 14.6. The van der Waals surface area contributed by atoms with Crippen molar-refractivity contribution in [2.24, 2.45) is 5.92 Å². The zero-order valence-corrected chi connectivity index (χ0v) is 33.5. The van der Waals surface area contributed by atoms with Crippen molar-refractivity contribution in [3.63, 3.8) is 0 Å². The van der Waals surface area contributed by atoms with Gasteiger partial charge in [0.2, 0.25) is 0 Å². The number of carbonyl (C=O) groups is 2. The molecule has 1 saturated heterocycles. The van der Waals surface area contributed by atoms with Crippen LogP contribution in [-0.4, -0.2) is 75.2 Å². The van der Waals surface area contributed by atoms with Crippen LogP contribution in [0.15, 0.2) is 57.8 Å². The predicted octanol–water partition coefficient (Wildman–Crippen LogP) is 7.78. The molecule has 5 rings (SSSR count). The molecule has 1 aliphatic rings. The Balaban J connectivity index is 1.24. The van der Waals surface area contributed by atoms with E-state index in [1.807, 2.05) is 71.0 Å². The molecule has 0 aliphatic carbocycles. The monoisotopic (exact) mass is 756 g/mol. The highest BCUT2D eigenvalue weighted by Gasteiger charge is 2.30. The quantitative estimate of drug-likeness (QED) is 0.0841. The van der Waals surface area contributed by atoms with E-state index in [1.165, 1.54) is 12.0 Å². The van der Waals surface area contributed by atoms with Crippen LogP contribution in [0.2, 0.25) is 0 Å². The molecule has 55 heavy (non-hydrogen) atoms. The van der Waals surface area contributed by atoms with E-state index in [4.69, 9.17) is 23.5 Å². The molecule has 0 saturated carbocycles. The van der Waals surface area contributed by atoms with E-state index in [2.05, 4.69) is 28.0 Å². The number of rotatable bonds is 17. The molecule has 12 nitrogen and oxygen atoms in total. The van der Waals surface area contributed by atoms with E-state index in [0.717, 1.165) is 78.0 Å². The fourth-order valence-electron chi connectivity index (χ4n) is 7.38. The van der Waals surface area contributed by atoms with E-state index >= 15 is 0 Å². The van der Waals surface area contributed by atoms with E-state index in [-0.39, 0.29) is 23.4 Å². The Morgan fingerprint density at radius 3 is 2.27 bits per heavy atom. The Morgan fingerprint density at radius 2 is 1.64 bits per heavy atom. The van der Waals surface area contributed by atoms with Gasteiger partial charge in [0.15, 0.2) is 5.76 Å². The predicted molar refractivity (Wildman–Crippen MR) is 214 cm³/mol. The lowest BCUT2D eigenvalue weighted by Crippen LogP contribution is -2.40. The van der Waals surface area contributed by atoms with Gasteiger partial charge >= 0.3 is 5.97 Å². The van der Waals surface area contributed by atoms with Crippen LogP contribution in [0.1, 0.15) is 91.7 Å². The van der Waals surface area contributed by atoms with Gasteiger partial charge in [-0.3, -0.25) is 14.4 Å². The third-order valence-corrected chi connectivity index (χ3v) is 10.3. The van der Waals surface area contributed by atoms with Crippen molar-refractivity contribution in [3.8, 4) is 22.8 Å². The number of unbranched alkanes of at least 4 members (excludes halogenated alkanes) is 2. The molecule has 0 bridgehead atoms. The van der Waals surface area contributed by atoms with Crippen molar-refractivity contribution < 1.29 is 33.1 Å². The Labute approximate surface area is 324 Å². The zero-order valence-electron chi connectivity index (χ0n) is 33.5. The second kappa shape index (κ2) is 19.0. The van der Waals surface area contributed by atoms with E-state index < -0.39 is 5.92 Å². The Hall–Kier alpha value is -5.10. The summed E-state index contributed by atoms with van der Waals surface area (Å²) in [4.78, 5) is 46.2. The third-order valence-electron chi connectivity index (χ3n) is 10.3. The van der Waals surface area contributed by atoms with E-state index in [9.17, 15) is 14.4 Å². The maximum absolute atomic E-state index is 14.3. The van der Waals surface area contributed by atoms with Gasteiger partial charge < -0.3 is 38.3 Å². The Bertz CT molecular complexity index is 1960. The van der Waals surface area contributed by atoms with Gasteiger partial charge in [0.05, 0.1) is 20.3 Å². The Morgan fingerprint density at radius 1 is 0.945 bits per heavy atom. The number of aromatic nitrogens is 2. The fourth-order valence-corrected chi connectivity index (χ4v) is 7.38.